The number of aromatic amines is 1. The second kappa shape index (κ2) is 11.7. The van der Waals surface area contributed by atoms with Crippen molar-refractivity contribution in [2.75, 3.05) is 29.9 Å². The minimum atomic E-state index is -0.843. The van der Waals surface area contributed by atoms with E-state index in [0.717, 1.165) is 0 Å². The molecule has 2 aromatic carbocycles. The average molecular weight is 698 g/mol. The Balaban J connectivity index is 1.67. The van der Waals surface area contributed by atoms with Gasteiger partial charge in [0, 0.05) is 49.4 Å². The van der Waals surface area contributed by atoms with Crippen LogP contribution in [0, 0.1) is 19.7 Å². The molecule has 2 aliphatic heterocycles. The molecule has 2 atom stereocenters. The van der Waals surface area contributed by atoms with Gasteiger partial charge >= 0.3 is 5.69 Å². The predicted octanol–water partition coefficient (Wildman–Crippen LogP) is 5.33. The number of benzene rings is 2. The second-order valence-electron chi connectivity index (χ2n) is 13.5. The SMILES string of the molecule is C=CC(=O)N1CC2C(=O)N(C)c3c(c4cc(Cl)c(-c5c(C)ccc6[nH]c(=O)n(C)c56)c(F)c4n(-c4c(C)ccnc4C(C)C)c3=O)N2CC1C. The molecule has 0 spiro atoms. The number of halogens is 2. The van der Waals surface area contributed by atoms with E-state index < -0.39 is 17.4 Å². The molecule has 5 heterocycles. The van der Waals surface area contributed by atoms with Gasteiger partial charge in [-0.1, -0.05) is 38.1 Å². The van der Waals surface area contributed by atoms with Crippen molar-refractivity contribution in [2.45, 2.75) is 52.6 Å². The fourth-order valence-electron chi connectivity index (χ4n) is 7.71. The molecule has 0 saturated carbocycles. The largest absolute Gasteiger partial charge is 0.354 e. The van der Waals surface area contributed by atoms with Crippen LogP contribution in [0.2, 0.25) is 5.02 Å². The summed E-state index contributed by atoms with van der Waals surface area (Å²) in [5.74, 6) is -1.60. The first kappa shape index (κ1) is 33.3. The van der Waals surface area contributed by atoms with Gasteiger partial charge in [0.25, 0.3) is 11.5 Å². The maximum atomic E-state index is 18.0. The number of piperazine rings is 1. The summed E-state index contributed by atoms with van der Waals surface area (Å²) in [7, 11) is 3.12. The predicted molar refractivity (Wildman–Crippen MR) is 194 cm³/mol. The molecule has 3 aromatic heterocycles. The average Bonchev–Trinajstić information content (AvgIpc) is 3.36. The smallest absolute Gasteiger partial charge is 0.326 e. The Morgan fingerprint density at radius 2 is 1.76 bits per heavy atom. The summed E-state index contributed by atoms with van der Waals surface area (Å²) in [6.07, 6.45) is 2.87. The van der Waals surface area contributed by atoms with Gasteiger partial charge in [0.1, 0.15) is 11.7 Å². The third kappa shape index (κ3) is 4.57. The van der Waals surface area contributed by atoms with E-state index in [9.17, 15) is 14.4 Å². The summed E-state index contributed by atoms with van der Waals surface area (Å²) in [5, 5.41) is 0.375. The Labute approximate surface area is 292 Å². The number of aryl methyl sites for hydroxylation is 3. The molecule has 1 saturated heterocycles. The zero-order chi connectivity index (χ0) is 36.1. The molecule has 0 radical (unpaired) electrons. The molecule has 0 aliphatic carbocycles. The van der Waals surface area contributed by atoms with Crippen LogP contribution in [0.3, 0.4) is 0 Å². The molecule has 0 bridgehead atoms. The minimum Gasteiger partial charge on any atom is -0.354 e. The highest BCUT2D eigenvalue weighted by atomic mass is 35.5. The number of hydrogen-bond acceptors (Lipinski definition) is 6. The summed E-state index contributed by atoms with van der Waals surface area (Å²) >= 11 is 7.12. The summed E-state index contributed by atoms with van der Waals surface area (Å²) in [4.78, 5) is 66.9. The highest BCUT2D eigenvalue weighted by Gasteiger charge is 2.46. The summed E-state index contributed by atoms with van der Waals surface area (Å²) < 4.78 is 20.7. The van der Waals surface area contributed by atoms with Gasteiger partial charge in [-0.05, 0) is 62.1 Å². The molecule has 11 nitrogen and oxygen atoms in total. The third-order valence-electron chi connectivity index (χ3n) is 10.2. The molecule has 1 N–H and O–H groups in total. The van der Waals surface area contributed by atoms with Crippen LogP contribution >= 0.6 is 11.6 Å². The number of nitrogens with one attached hydrogen (secondary N) is 1. The number of pyridine rings is 2. The van der Waals surface area contributed by atoms with Crippen LogP contribution in [0.25, 0.3) is 38.8 Å². The number of hydrogen-bond donors (Lipinski definition) is 1. The molecular weight excluding hydrogens is 661 g/mol. The lowest BCUT2D eigenvalue weighted by Crippen LogP contribution is -2.66. The number of aromatic nitrogens is 4. The Hall–Kier alpha value is -5.23. The van der Waals surface area contributed by atoms with Crippen molar-refractivity contribution in [3.8, 4) is 16.8 Å². The Bertz CT molecular complexity index is 2450. The van der Waals surface area contributed by atoms with Gasteiger partial charge in [-0.3, -0.25) is 28.5 Å². The standard InChI is InChI=1S/C37H37ClFN7O4/c1-9-25(47)44-16-24-35(48)42(7)34-32(45(24)15-20(44)6)21-14-22(38)27(26-18(4)10-11-23-33(26)43(8)37(50)41-23)28(39)31(21)46(36(34)49)30-19(5)12-13-40-29(30)17(2)3/h9-14,17,20,24H,1,15-16H2,2-8H3,(H,41,50). The lowest BCUT2D eigenvalue weighted by atomic mass is 9.93. The van der Waals surface area contributed by atoms with Crippen molar-refractivity contribution in [2.24, 2.45) is 7.05 Å². The molecule has 2 aliphatic rings. The van der Waals surface area contributed by atoms with E-state index in [1.54, 1.807) is 47.3 Å². The number of carbonyl (C=O) groups is 2. The van der Waals surface area contributed by atoms with Gasteiger partial charge in [0.2, 0.25) is 5.91 Å². The molecule has 258 valence electrons. The lowest BCUT2D eigenvalue weighted by Gasteiger charge is -2.50. The van der Waals surface area contributed by atoms with Crippen molar-refractivity contribution >= 4 is 56.7 Å². The van der Waals surface area contributed by atoms with Crippen molar-refractivity contribution < 1.29 is 14.0 Å². The maximum Gasteiger partial charge on any atom is 0.326 e. The van der Waals surface area contributed by atoms with Crippen molar-refractivity contribution in [1.29, 1.82) is 0 Å². The van der Waals surface area contributed by atoms with Crippen molar-refractivity contribution in [3.05, 3.63) is 91.6 Å². The van der Waals surface area contributed by atoms with E-state index in [1.807, 2.05) is 34.6 Å². The first-order chi connectivity index (χ1) is 23.7. The van der Waals surface area contributed by atoms with Crippen LogP contribution in [-0.2, 0) is 16.6 Å². The molecule has 1 fully saturated rings. The second-order valence-corrected chi connectivity index (χ2v) is 14.0. The molecule has 13 heteroatoms. The molecule has 50 heavy (non-hydrogen) atoms. The Morgan fingerprint density at radius 1 is 1.04 bits per heavy atom. The van der Waals surface area contributed by atoms with E-state index in [4.69, 9.17) is 11.6 Å². The Morgan fingerprint density at radius 3 is 2.44 bits per heavy atom. The van der Waals surface area contributed by atoms with Crippen LogP contribution < -0.4 is 21.0 Å². The number of amides is 2. The summed E-state index contributed by atoms with van der Waals surface area (Å²) in [6, 6.07) is 5.74. The van der Waals surface area contributed by atoms with Crippen LogP contribution in [0.5, 0.6) is 0 Å². The monoisotopic (exact) mass is 697 g/mol. The number of anilines is 2. The number of rotatable bonds is 4. The van der Waals surface area contributed by atoms with Gasteiger partial charge in [0.15, 0.2) is 5.82 Å². The fourth-order valence-corrected chi connectivity index (χ4v) is 8.00. The van der Waals surface area contributed by atoms with Crippen LogP contribution in [0.1, 0.15) is 43.5 Å². The molecular formula is C37H37ClFN7O4. The first-order valence-corrected chi connectivity index (χ1v) is 16.8. The number of imidazole rings is 1. The van der Waals surface area contributed by atoms with E-state index in [1.165, 1.54) is 27.2 Å². The van der Waals surface area contributed by atoms with Crippen LogP contribution in [-0.4, -0.2) is 68.0 Å². The molecule has 5 aromatic rings. The van der Waals surface area contributed by atoms with Gasteiger partial charge < -0.3 is 19.7 Å². The first-order valence-electron chi connectivity index (χ1n) is 16.4. The van der Waals surface area contributed by atoms with Crippen LogP contribution in [0.4, 0.5) is 15.8 Å². The number of H-pyrrole nitrogens is 1. The van der Waals surface area contributed by atoms with E-state index in [0.29, 0.717) is 50.2 Å². The number of carbonyl (C=O) groups excluding carboxylic acids is 2. The number of likely N-dealkylation sites (N-methyl/N-ethyl adjacent to an activating group) is 1. The minimum absolute atomic E-state index is 0.0316. The van der Waals surface area contributed by atoms with E-state index >= 15 is 9.18 Å². The van der Waals surface area contributed by atoms with E-state index in [-0.39, 0.29) is 64.3 Å². The Kier molecular flexibility index (Phi) is 7.78. The highest BCUT2D eigenvalue weighted by Crippen LogP contribution is 2.47. The summed E-state index contributed by atoms with van der Waals surface area (Å²) in [6.45, 7) is 13.2. The molecule has 7 rings (SSSR count). The van der Waals surface area contributed by atoms with Crippen molar-refractivity contribution in [1.82, 2.24) is 24.0 Å². The highest BCUT2D eigenvalue weighted by molar-refractivity contribution is 6.35. The molecule has 2 unspecified atom stereocenters. The normalized spacial score (nSPS) is 17.6. The lowest BCUT2D eigenvalue weighted by molar-refractivity contribution is -0.130. The topological polar surface area (TPSA) is 117 Å². The maximum absolute atomic E-state index is 18.0. The van der Waals surface area contributed by atoms with Gasteiger partial charge in [0.05, 0.1) is 45.2 Å². The molecule has 2 amide bonds. The van der Waals surface area contributed by atoms with Gasteiger partial charge in [-0.2, -0.15) is 0 Å². The third-order valence-corrected chi connectivity index (χ3v) is 10.5. The van der Waals surface area contributed by atoms with E-state index in [2.05, 4.69) is 16.5 Å². The summed E-state index contributed by atoms with van der Waals surface area (Å²) in [5.41, 5.74) is 3.16. The number of nitrogens with zero attached hydrogens (tertiary/aromatic N) is 6. The zero-order valence-corrected chi connectivity index (χ0v) is 29.6. The fraction of sp³-hybridized carbons (Fsp3) is 0.324. The number of fused-ring (bicyclic) bond motifs is 6. The quantitative estimate of drug-likeness (QED) is 0.254. The van der Waals surface area contributed by atoms with Crippen LogP contribution in [0.15, 0.2) is 52.7 Å². The van der Waals surface area contributed by atoms with Gasteiger partial charge in [-0.25, -0.2) is 9.18 Å². The van der Waals surface area contributed by atoms with Crippen molar-refractivity contribution in [3.63, 3.8) is 0 Å². The van der Waals surface area contributed by atoms with Gasteiger partial charge in [-0.15, -0.1) is 0 Å². The zero-order valence-electron chi connectivity index (χ0n) is 28.9.